The molecular formula is C16H22N2O. The van der Waals surface area contributed by atoms with E-state index in [1.165, 1.54) is 0 Å². The van der Waals surface area contributed by atoms with Gasteiger partial charge in [0.25, 0.3) is 5.56 Å². The van der Waals surface area contributed by atoms with Gasteiger partial charge in [-0.15, -0.1) is 0 Å². The Bertz CT molecular complexity index is 670. The molecule has 2 rings (SSSR count). The lowest BCUT2D eigenvalue weighted by atomic mass is 9.85. The molecule has 0 aliphatic heterocycles. The van der Waals surface area contributed by atoms with Gasteiger partial charge < -0.3 is 4.57 Å². The molecule has 3 heteroatoms. The highest BCUT2D eigenvalue weighted by atomic mass is 16.1. The van der Waals surface area contributed by atoms with Crippen molar-refractivity contribution in [1.82, 2.24) is 9.55 Å². The van der Waals surface area contributed by atoms with Gasteiger partial charge in [-0.05, 0) is 37.8 Å². The molecule has 2 aromatic heterocycles. The number of hydrogen-bond acceptors (Lipinski definition) is 2. The lowest BCUT2D eigenvalue weighted by Gasteiger charge is -2.28. The van der Waals surface area contributed by atoms with Crippen LogP contribution >= 0.6 is 0 Å². The van der Waals surface area contributed by atoms with E-state index >= 15 is 0 Å². The fourth-order valence-electron chi connectivity index (χ4n) is 2.26. The van der Waals surface area contributed by atoms with Crippen LogP contribution in [0.2, 0.25) is 0 Å². The van der Waals surface area contributed by atoms with Gasteiger partial charge in [-0.25, -0.2) is 0 Å². The maximum Gasteiger partial charge on any atom is 0.277 e. The Kier molecular flexibility index (Phi) is 3.04. The summed E-state index contributed by atoms with van der Waals surface area (Å²) in [5, 5.41) is 0.959. The van der Waals surface area contributed by atoms with E-state index in [-0.39, 0.29) is 16.5 Å². The second-order valence-electron chi connectivity index (χ2n) is 7.04. The molecular weight excluding hydrogens is 236 g/mol. The quantitative estimate of drug-likeness (QED) is 0.725. The predicted molar refractivity (Wildman–Crippen MR) is 79.7 cm³/mol. The molecule has 0 saturated carbocycles. The topological polar surface area (TPSA) is 34.9 Å². The summed E-state index contributed by atoms with van der Waals surface area (Å²) in [4.78, 5) is 16.9. The smallest absolute Gasteiger partial charge is 0.277 e. The summed E-state index contributed by atoms with van der Waals surface area (Å²) in [5.74, 6) is 0. The van der Waals surface area contributed by atoms with Crippen molar-refractivity contribution in [3.05, 3.63) is 40.4 Å². The van der Waals surface area contributed by atoms with Crippen LogP contribution in [0, 0.1) is 0 Å². The van der Waals surface area contributed by atoms with Crippen molar-refractivity contribution in [1.29, 1.82) is 0 Å². The van der Waals surface area contributed by atoms with Gasteiger partial charge in [-0.3, -0.25) is 9.78 Å². The molecule has 0 saturated heterocycles. The van der Waals surface area contributed by atoms with Crippen molar-refractivity contribution in [3.63, 3.8) is 0 Å². The van der Waals surface area contributed by atoms with Crippen molar-refractivity contribution in [2.45, 2.75) is 52.5 Å². The molecule has 0 aromatic carbocycles. The molecule has 2 heterocycles. The SMILES string of the molecule is CC(C)(C)c1cn(C(C)(C)C)c(=O)c2ncccc12. The van der Waals surface area contributed by atoms with Crippen molar-refractivity contribution in [3.8, 4) is 0 Å². The fraction of sp³-hybridized carbons (Fsp3) is 0.500. The third kappa shape index (κ3) is 2.42. The van der Waals surface area contributed by atoms with E-state index in [0.29, 0.717) is 5.52 Å². The molecule has 0 amide bonds. The first-order chi connectivity index (χ1) is 8.62. The molecule has 19 heavy (non-hydrogen) atoms. The Hall–Kier alpha value is -1.64. The molecule has 0 spiro atoms. The molecule has 3 nitrogen and oxygen atoms in total. The average Bonchev–Trinajstić information content (AvgIpc) is 2.26. The summed E-state index contributed by atoms with van der Waals surface area (Å²) in [6.45, 7) is 12.6. The van der Waals surface area contributed by atoms with Crippen molar-refractivity contribution >= 4 is 10.9 Å². The van der Waals surface area contributed by atoms with E-state index in [1.807, 2.05) is 39.1 Å². The van der Waals surface area contributed by atoms with Gasteiger partial charge in [0, 0.05) is 23.3 Å². The normalized spacial score (nSPS) is 12.9. The number of hydrogen-bond donors (Lipinski definition) is 0. The Balaban J connectivity index is 2.97. The number of pyridine rings is 2. The summed E-state index contributed by atoms with van der Waals surface area (Å²) in [5.41, 5.74) is 1.43. The van der Waals surface area contributed by atoms with Crippen LogP contribution in [0.5, 0.6) is 0 Å². The standard InChI is InChI=1S/C16H22N2O/c1-15(2,3)12-10-18(16(4,5)6)14(19)13-11(12)8-7-9-17-13/h7-10H,1-6H3. The van der Waals surface area contributed by atoms with Gasteiger partial charge in [-0.1, -0.05) is 26.8 Å². The molecule has 102 valence electrons. The van der Waals surface area contributed by atoms with Crippen LogP contribution < -0.4 is 5.56 Å². The molecule has 0 bridgehead atoms. The van der Waals surface area contributed by atoms with E-state index < -0.39 is 0 Å². The van der Waals surface area contributed by atoms with Gasteiger partial charge in [0.1, 0.15) is 5.52 Å². The van der Waals surface area contributed by atoms with Crippen LogP contribution in [0.1, 0.15) is 47.1 Å². The summed E-state index contributed by atoms with van der Waals surface area (Å²) >= 11 is 0. The first-order valence-electron chi connectivity index (χ1n) is 6.64. The molecule has 0 aliphatic rings. The minimum atomic E-state index is -0.247. The zero-order chi connectivity index (χ0) is 14.4. The van der Waals surface area contributed by atoms with Gasteiger partial charge in [-0.2, -0.15) is 0 Å². The third-order valence-corrected chi connectivity index (χ3v) is 3.31. The summed E-state index contributed by atoms with van der Waals surface area (Å²) in [6, 6.07) is 3.87. The maximum absolute atomic E-state index is 12.6. The molecule has 0 fully saturated rings. The third-order valence-electron chi connectivity index (χ3n) is 3.31. The lowest BCUT2D eigenvalue weighted by Crippen LogP contribution is -2.35. The van der Waals surface area contributed by atoms with Crippen molar-refractivity contribution in [2.75, 3.05) is 0 Å². The zero-order valence-corrected chi connectivity index (χ0v) is 12.6. The monoisotopic (exact) mass is 258 g/mol. The molecule has 0 radical (unpaired) electrons. The van der Waals surface area contributed by atoms with Crippen LogP contribution in [-0.4, -0.2) is 9.55 Å². The maximum atomic E-state index is 12.6. The minimum absolute atomic E-state index is 0.0175. The first kappa shape index (κ1) is 13.8. The Morgan fingerprint density at radius 1 is 1.11 bits per heavy atom. The highest BCUT2D eigenvalue weighted by molar-refractivity contribution is 5.82. The zero-order valence-electron chi connectivity index (χ0n) is 12.6. The molecule has 0 N–H and O–H groups in total. The van der Waals surface area contributed by atoms with Crippen LogP contribution in [0.15, 0.2) is 29.3 Å². The van der Waals surface area contributed by atoms with E-state index in [1.54, 1.807) is 10.8 Å². The number of nitrogens with zero attached hydrogens (tertiary/aromatic N) is 2. The molecule has 0 atom stereocenters. The van der Waals surface area contributed by atoms with E-state index in [9.17, 15) is 4.79 Å². The summed E-state index contributed by atoms with van der Waals surface area (Å²) in [7, 11) is 0. The van der Waals surface area contributed by atoms with Crippen LogP contribution in [0.25, 0.3) is 10.9 Å². The van der Waals surface area contributed by atoms with Crippen LogP contribution in [0.4, 0.5) is 0 Å². The van der Waals surface area contributed by atoms with E-state index in [2.05, 4.69) is 25.8 Å². The van der Waals surface area contributed by atoms with E-state index in [0.717, 1.165) is 10.9 Å². The largest absolute Gasteiger partial charge is 0.308 e. The minimum Gasteiger partial charge on any atom is -0.308 e. The lowest BCUT2D eigenvalue weighted by molar-refractivity contribution is 0.381. The highest BCUT2D eigenvalue weighted by Crippen LogP contribution is 2.28. The number of rotatable bonds is 0. The summed E-state index contributed by atoms with van der Waals surface area (Å²) < 4.78 is 1.79. The second-order valence-corrected chi connectivity index (χ2v) is 7.04. The van der Waals surface area contributed by atoms with Crippen molar-refractivity contribution < 1.29 is 0 Å². The highest BCUT2D eigenvalue weighted by Gasteiger charge is 2.23. The van der Waals surface area contributed by atoms with Gasteiger partial charge >= 0.3 is 0 Å². The molecule has 0 unspecified atom stereocenters. The molecule has 0 aliphatic carbocycles. The Morgan fingerprint density at radius 3 is 2.26 bits per heavy atom. The molecule has 2 aromatic rings. The van der Waals surface area contributed by atoms with Crippen LogP contribution in [-0.2, 0) is 11.0 Å². The predicted octanol–water partition coefficient (Wildman–Crippen LogP) is 3.45. The van der Waals surface area contributed by atoms with Gasteiger partial charge in [0.15, 0.2) is 0 Å². The van der Waals surface area contributed by atoms with Gasteiger partial charge in [0.2, 0.25) is 0 Å². The van der Waals surface area contributed by atoms with Crippen LogP contribution in [0.3, 0.4) is 0 Å². The number of aromatic nitrogens is 2. The Labute approximate surface area is 114 Å². The van der Waals surface area contributed by atoms with E-state index in [4.69, 9.17) is 0 Å². The first-order valence-corrected chi connectivity index (χ1v) is 6.64. The fourth-order valence-corrected chi connectivity index (χ4v) is 2.26. The number of fused-ring (bicyclic) bond motifs is 1. The van der Waals surface area contributed by atoms with Crippen molar-refractivity contribution in [2.24, 2.45) is 0 Å². The second kappa shape index (κ2) is 4.19. The average molecular weight is 258 g/mol. The summed E-state index contributed by atoms with van der Waals surface area (Å²) in [6.07, 6.45) is 3.68. The Morgan fingerprint density at radius 2 is 1.74 bits per heavy atom. The van der Waals surface area contributed by atoms with Gasteiger partial charge in [0.05, 0.1) is 0 Å².